The van der Waals surface area contributed by atoms with Gasteiger partial charge in [-0.15, -0.1) is 0 Å². The molecule has 0 unspecified atom stereocenters. The molecule has 0 aliphatic heterocycles. The van der Waals surface area contributed by atoms with Crippen molar-refractivity contribution in [2.24, 2.45) is 0 Å². The van der Waals surface area contributed by atoms with E-state index >= 15 is 0 Å². The maximum Gasteiger partial charge on any atom is 0.135 e. The summed E-state index contributed by atoms with van der Waals surface area (Å²) in [6.45, 7) is 0. The first kappa shape index (κ1) is 31.7. The van der Waals surface area contributed by atoms with Gasteiger partial charge in [0.05, 0.1) is 11.0 Å². The minimum atomic E-state index is 0.880. The van der Waals surface area contributed by atoms with E-state index in [4.69, 9.17) is 8.83 Å². The maximum atomic E-state index is 6.40. The van der Waals surface area contributed by atoms with Crippen LogP contribution >= 0.6 is 0 Å². The summed E-state index contributed by atoms with van der Waals surface area (Å²) >= 11 is 0. The monoisotopic (exact) mass is 727 g/mol. The molecule has 266 valence electrons. The van der Waals surface area contributed by atoms with E-state index in [-0.39, 0.29) is 0 Å². The summed E-state index contributed by atoms with van der Waals surface area (Å²) in [6, 6.07) is 71.7. The Balaban J connectivity index is 1.08. The highest BCUT2D eigenvalue weighted by Gasteiger charge is 2.17. The molecule has 3 heteroatoms. The fourth-order valence-electron chi connectivity index (χ4n) is 8.81. The average molecular weight is 728 g/mol. The van der Waals surface area contributed by atoms with E-state index in [9.17, 15) is 0 Å². The molecule has 57 heavy (non-hydrogen) atoms. The lowest BCUT2D eigenvalue weighted by molar-refractivity contribution is 0.668. The minimum Gasteiger partial charge on any atom is -0.456 e. The zero-order valence-corrected chi connectivity index (χ0v) is 30.8. The molecule has 0 fully saturated rings. The number of hydrogen-bond acceptors (Lipinski definition) is 2. The van der Waals surface area contributed by atoms with Crippen LogP contribution in [0.5, 0.6) is 0 Å². The van der Waals surface area contributed by atoms with Crippen molar-refractivity contribution in [3.63, 3.8) is 0 Å². The van der Waals surface area contributed by atoms with Gasteiger partial charge in [-0.1, -0.05) is 121 Å². The summed E-state index contributed by atoms with van der Waals surface area (Å²) in [5.41, 5.74) is 16.2. The summed E-state index contributed by atoms with van der Waals surface area (Å²) in [4.78, 5) is 0. The number of aromatic nitrogens is 1. The molecule has 0 bridgehead atoms. The molecule has 0 aliphatic rings. The molecular formula is C54H33NO2. The van der Waals surface area contributed by atoms with E-state index in [0.717, 1.165) is 71.8 Å². The number of nitrogens with zero attached hydrogens (tertiary/aromatic N) is 1. The van der Waals surface area contributed by atoms with Gasteiger partial charge in [0.15, 0.2) is 0 Å². The quantitative estimate of drug-likeness (QED) is 0.177. The normalized spacial score (nSPS) is 11.9. The largest absolute Gasteiger partial charge is 0.456 e. The Bertz CT molecular complexity index is 3280. The van der Waals surface area contributed by atoms with Crippen LogP contribution in [0.15, 0.2) is 209 Å². The minimum absolute atomic E-state index is 0.880. The Hall–Kier alpha value is -7.62. The Morgan fingerprint density at radius 3 is 1.00 bits per heavy atom. The van der Waals surface area contributed by atoms with Gasteiger partial charge in [0.2, 0.25) is 0 Å². The van der Waals surface area contributed by atoms with Gasteiger partial charge in [-0.2, -0.15) is 0 Å². The second kappa shape index (κ2) is 12.5. The fourth-order valence-corrected chi connectivity index (χ4v) is 8.81. The van der Waals surface area contributed by atoms with Crippen molar-refractivity contribution < 1.29 is 8.83 Å². The third-order valence-corrected chi connectivity index (χ3v) is 11.6. The van der Waals surface area contributed by atoms with Gasteiger partial charge in [0.1, 0.15) is 22.3 Å². The molecule has 0 amide bonds. The number of para-hydroxylation sites is 2. The zero-order valence-electron chi connectivity index (χ0n) is 30.8. The van der Waals surface area contributed by atoms with Crippen LogP contribution in [-0.4, -0.2) is 4.57 Å². The summed E-state index contributed by atoms with van der Waals surface area (Å²) < 4.78 is 15.2. The third-order valence-electron chi connectivity index (χ3n) is 11.6. The standard InChI is InChI=1S/C54H33NO2/c1-3-11-34(12-4-1)36-19-23-51-45(30-36)47-32-38(21-25-53(47)56-51)40-27-41(29-42(28-40)55-49-17-9-7-15-43(49)44-16-8-10-18-50(44)55)39-22-26-54-48(33-39)46-31-37(20-24-52(46)57-54)35-13-5-2-6-14-35/h1-33H. The van der Waals surface area contributed by atoms with E-state index < -0.39 is 0 Å². The zero-order chi connectivity index (χ0) is 37.5. The van der Waals surface area contributed by atoms with E-state index in [1.165, 1.54) is 44.1 Å². The maximum absolute atomic E-state index is 6.40. The Morgan fingerprint density at radius 1 is 0.246 bits per heavy atom. The predicted octanol–water partition coefficient (Wildman–Crippen LogP) is 15.3. The number of fused-ring (bicyclic) bond motifs is 9. The van der Waals surface area contributed by atoms with Crippen LogP contribution in [0.1, 0.15) is 0 Å². The van der Waals surface area contributed by atoms with E-state index in [1.54, 1.807) is 0 Å². The number of benzene rings is 9. The molecule has 3 aromatic heterocycles. The highest BCUT2D eigenvalue weighted by Crippen LogP contribution is 2.41. The molecule has 0 atom stereocenters. The van der Waals surface area contributed by atoms with Gasteiger partial charge in [0.25, 0.3) is 0 Å². The van der Waals surface area contributed by atoms with Crippen molar-refractivity contribution in [2.45, 2.75) is 0 Å². The van der Waals surface area contributed by atoms with Crippen molar-refractivity contribution in [3.8, 4) is 50.2 Å². The second-order valence-electron chi connectivity index (χ2n) is 14.9. The van der Waals surface area contributed by atoms with Crippen molar-refractivity contribution >= 4 is 65.7 Å². The molecule has 9 aromatic carbocycles. The third kappa shape index (κ3) is 5.13. The van der Waals surface area contributed by atoms with Gasteiger partial charge >= 0.3 is 0 Å². The molecule has 0 saturated heterocycles. The summed E-state index contributed by atoms with van der Waals surface area (Å²) in [6.07, 6.45) is 0. The highest BCUT2D eigenvalue weighted by atomic mass is 16.3. The SMILES string of the molecule is c1ccc(-c2ccc3oc4ccc(-c5cc(-c6ccc7oc8ccc(-c9ccccc9)cc8c7c6)cc(-n6c7ccccc7c7ccccc76)c5)cc4c3c2)cc1. The van der Waals surface area contributed by atoms with Crippen LogP contribution in [0.4, 0.5) is 0 Å². The molecule has 12 rings (SSSR count). The number of furan rings is 2. The summed E-state index contributed by atoms with van der Waals surface area (Å²) in [5, 5.41) is 6.90. The van der Waals surface area contributed by atoms with Crippen LogP contribution in [0.3, 0.4) is 0 Å². The van der Waals surface area contributed by atoms with Crippen molar-refractivity contribution in [1.29, 1.82) is 0 Å². The fraction of sp³-hybridized carbons (Fsp3) is 0. The van der Waals surface area contributed by atoms with E-state index in [1.807, 2.05) is 0 Å². The second-order valence-corrected chi connectivity index (χ2v) is 14.9. The van der Waals surface area contributed by atoms with Gasteiger partial charge in [0, 0.05) is 38.0 Å². The van der Waals surface area contributed by atoms with Gasteiger partial charge < -0.3 is 13.4 Å². The first-order valence-electron chi connectivity index (χ1n) is 19.4. The molecule has 0 spiro atoms. The molecule has 0 N–H and O–H groups in total. The molecule has 0 radical (unpaired) electrons. The highest BCUT2D eigenvalue weighted by molar-refractivity contribution is 6.11. The smallest absolute Gasteiger partial charge is 0.135 e. The molecular weight excluding hydrogens is 695 g/mol. The van der Waals surface area contributed by atoms with Crippen LogP contribution < -0.4 is 0 Å². The molecule has 0 saturated carbocycles. The first-order chi connectivity index (χ1) is 28.2. The van der Waals surface area contributed by atoms with E-state index in [2.05, 4.69) is 205 Å². The predicted molar refractivity (Wildman–Crippen MR) is 237 cm³/mol. The molecule has 3 nitrogen and oxygen atoms in total. The number of rotatable bonds is 5. The average Bonchev–Trinajstić information content (AvgIpc) is 3.95. The summed E-state index contributed by atoms with van der Waals surface area (Å²) in [7, 11) is 0. The van der Waals surface area contributed by atoms with Crippen LogP contribution in [0.25, 0.3) is 116 Å². The Kier molecular flexibility index (Phi) is 6.93. The molecule has 3 heterocycles. The Morgan fingerprint density at radius 2 is 0.596 bits per heavy atom. The summed E-state index contributed by atoms with van der Waals surface area (Å²) in [5.74, 6) is 0. The lowest BCUT2D eigenvalue weighted by Crippen LogP contribution is -1.96. The Labute approximate surface area is 328 Å². The van der Waals surface area contributed by atoms with Gasteiger partial charge in [-0.3, -0.25) is 0 Å². The first-order valence-corrected chi connectivity index (χ1v) is 19.4. The van der Waals surface area contributed by atoms with Crippen LogP contribution in [0.2, 0.25) is 0 Å². The molecule has 12 aromatic rings. The van der Waals surface area contributed by atoms with E-state index in [0.29, 0.717) is 0 Å². The molecule has 0 aliphatic carbocycles. The van der Waals surface area contributed by atoms with Crippen molar-refractivity contribution in [2.75, 3.05) is 0 Å². The van der Waals surface area contributed by atoms with Crippen LogP contribution in [-0.2, 0) is 0 Å². The lowest BCUT2D eigenvalue weighted by Gasteiger charge is -2.14. The van der Waals surface area contributed by atoms with Gasteiger partial charge in [-0.05, 0) is 123 Å². The van der Waals surface area contributed by atoms with Crippen LogP contribution in [0, 0.1) is 0 Å². The van der Waals surface area contributed by atoms with Gasteiger partial charge in [-0.25, -0.2) is 0 Å². The van der Waals surface area contributed by atoms with Crippen molar-refractivity contribution in [3.05, 3.63) is 200 Å². The lowest BCUT2D eigenvalue weighted by atomic mass is 9.95. The topological polar surface area (TPSA) is 31.2 Å². The van der Waals surface area contributed by atoms with Crippen molar-refractivity contribution in [1.82, 2.24) is 4.57 Å². The number of hydrogen-bond donors (Lipinski definition) is 0.